The van der Waals surface area contributed by atoms with Crippen molar-refractivity contribution in [1.29, 1.82) is 0 Å². The minimum atomic E-state index is 0.0317. The quantitative estimate of drug-likeness (QED) is 0.574. The Morgan fingerprint density at radius 1 is 0.955 bits per heavy atom. The number of amides is 1. The average Bonchev–Trinajstić information content (AvgIpc) is 2.94. The summed E-state index contributed by atoms with van der Waals surface area (Å²) in [5.41, 5.74) is 1.16. The summed E-state index contributed by atoms with van der Waals surface area (Å²) in [5, 5.41) is 0.0317. The maximum Gasteiger partial charge on any atom is 0.223 e. The molecule has 3 rings (SSSR count). The second kappa shape index (κ2) is 7.20. The van der Waals surface area contributed by atoms with E-state index >= 15 is 0 Å². The summed E-state index contributed by atoms with van der Waals surface area (Å²) in [4.78, 5) is 15.4. The predicted molar refractivity (Wildman–Crippen MR) is 97.8 cm³/mol. The second-order valence-corrected chi connectivity index (χ2v) is 8.15. The van der Waals surface area contributed by atoms with Gasteiger partial charge in [-0.15, -0.1) is 0 Å². The zero-order chi connectivity index (χ0) is 15.5. The molecule has 0 N–H and O–H groups in total. The van der Waals surface area contributed by atoms with Crippen molar-refractivity contribution in [2.45, 2.75) is 23.1 Å². The SMILES string of the molecule is O=C1CCCN1C(Sc1ccc(Br)cc1)c1ccc(Br)cc1. The largest absolute Gasteiger partial charge is 0.326 e. The Kier molecular flexibility index (Phi) is 5.26. The first-order valence-corrected chi connectivity index (χ1v) is 9.57. The molecular formula is C17H15Br2NOS. The Hall–Kier alpha value is -0.780. The Balaban J connectivity index is 1.90. The fraction of sp³-hybridized carbons (Fsp3) is 0.235. The van der Waals surface area contributed by atoms with Crippen molar-refractivity contribution >= 4 is 49.5 Å². The van der Waals surface area contributed by atoms with E-state index in [1.54, 1.807) is 11.8 Å². The Morgan fingerprint density at radius 3 is 2.09 bits per heavy atom. The lowest BCUT2D eigenvalue weighted by molar-refractivity contribution is -0.128. The Morgan fingerprint density at radius 2 is 1.55 bits per heavy atom. The highest BCUT2D eigenvalue weighted by Crippen LogP contribution is 2.40. The molecular weight excluding hydrogens is 426 g/mol. The number of nitrogens with zero attached hydrogens (tertiary/aromatic N) is 1. The number of rotatable bonds is 4. The van der Waals surface area contributed by atoms with Crippen LogP contribution < -0.4 is 0 Å². The Labute approximate surface area is 151 Å². The molecule has 1 aliphatic rings. The standard InChI is InChI=1S/C17H15Br2NOS/c18-13-5-3-12(4-6-13)17(20-11-1-2-16(20)21)22-15-9-7-14(19)8-10-15/h3-10,17H,1-2,11H2. The molecule has 5 heteroatoms. The van der Waals surface area contributed by atoms with E-state index in [2.05, 4.69) is 56.1 Å². The maximum absolute atomic E-state index is 12.2. The van der Waals surface area contributed by atoms with Crippen LogP contribution in [0, 0.1) is 0 Å². The molecule has 2 aromatic carbocycles. The van der Waals surface area contributed by atoms with E-state index in [1.165, 1.54) is 0 Å². The topological polar surface area (TPSA) is 20.3 Å². The van der Waals surface area contributed by atoms with Crippen molar-refractivity contribution in [1.82, 2.24) is 4.90 Å². The van der Waals surface area contributed by atoms with E-state index in [-0.39, 0.29) is 11.3 Å². The average molecular weight is 441 g/mol. The predicted octanol–water partition coefficient (Wildman–Crippen LogP) is 5.62. The third kappa shape index (κ3) is 3.76. The molecule has 0 aromatic heterocycles. The lowest BCUT2D eigenvalue weighted by Gasteiger charge is -2.28. The molecule has 0 aliphatic carbocycles. The summed E-state index contributed by atoms with van der Waals surface area (Å²) in [6.45, 7) is 0.836. The highest BCUT2D eigenvalue weighted by molar-refractivity contribution is 9.10. The summed E-state index contributed by atoms with van der Waals surface area (Å²) in [5.74, 6) is 0.248. The van der Waals surface area contributed by atoms with Crippen LogP contribution in [-0.2, 0) is 4.79 Å². The zero-order valence-electron chi connectivity index (χ0n) is 11.8. The summed E-state index contributed by atoms with van der Waals surface area (Å²) in [6, 6.07) is 16.5. The van der Waals surface area contributed by atoms with Crippen LogP contribution in [0.1, 0.15) is 23.8 Å². The van der Waals surface area contributed by atoms with Crippen molar-refractivity contribution in [3.63, 3.8) is 0 Å². The second-order valence-electron chi connectivity index (χ2n) is 5.17. The van der Waals surface area contributed by atoms with Gasteiger partial charge in [0, 0.05) is 26.8 Å². The molecule has 1 amide bonds. The number of carbonyl (C=O) groups excluding carboxylic acids is 1. The van der Waals surface area contributed by atoms with Gasteiger partial charge in [-0.1, -0.05) is 55.8 Å². The van der Waals surface area contributed by atoms with Crippen LogP contribution in [0.15, 0.2) is 62.4 Å². The number of carbonyl (C=O) groups is 1. The summed E-state index contributed by atoms with van der Waals surface area (Å²) in [6.07, 6.45) is 1.61. The molecule has 1 heterocycles. The van der Waals surface area contributed by atoms with Crippen molar-refractivity contribution in [2.24, 2.45) is 0 Å². The van der Waals surface area contributed by atoms with Gasteiger partial charge in [0.25, 0.3) is 0 Å². The molecule has 1 unspecified atom stereocenters. The third-order valence-corrected chi connectivity index (χ3v) is 5.96. The van der Waals surface area contributed by atoms with Crippen LogP contribution in [0.25, 0.3) is 0 Å². The van der Waals surface area contributed by atoms with Crippen LogP contribution in [0.3, 0.4) is 0 Å². The molecule has 1 atom stereocenters. The fourth-order valence-corrected chi connectivity index (χ4v) is 4.22. The van der Waals surface area contributed by atoms with Crippen LogP contribution in [0.5, 0.6) is 0 Å². The van der Waals surface area contributed by atoms with Crippen molar-refractivity contribution in [3.05, 3.63) is 63.0 Å². The highest BCUT2D eigenvalue weighted by Gasteiger charge is 2.29. The third-order valence-electron chi connectivity index (χ3n) is 3.61. The number of likely N-dealkylation sites (tertiary alicyclic amines) is 1. The highest BCUT2D eigenvalue weighted by atomic mass is 79.9. The Bertz CT molecular complexity index is 657. The van der Waals surface area contributed by atoms with Crippen LogP contribution in [-0.4, -0.2) is 17.4 Å². The summed E-state index contributed by atoms with van der Waals surface area (Å²) >= 11 is 8.66. The van der Waals surface area contributed by atoms with Crippen LogP contribution in [0.4, 0.5) is 0 Å². The van der Waals surface area contributed by atoms with E-state index < -0.39 is 0 Å². The number of hydrogen-bond donors (Lipinski definition) is 0. The normalized spacial score (nSPS) is 16.1. The van der Waals surface area contributed by atoms with E-state index in [0.717, 1.165) is 32.4 Å². The monoisotopic (exact) mass is 439 g/mol. The van der Waals surface area contributed by atoms with E-state index in [0.29, 0.717) is 6.42 Å². The van der Waals surface area contributed by atoms with Crippen molar-refractivity contribution in [3.8, 4) is 0 Å². The number of halogens is 2. The maximum atomic E-state index is 12.2. The lowest BCUT2D eigenvalue weighted by Crippen LogP contribution is -2.27. The van der Waals surface area contributed by atoms with Crippen molar-refractivity contribution in [2.75, 3.05) is 6.54 Å². The fourth-order valence-electron chi connectivity index (χ4n) is 2.50. The first-order valence-electron chi connectivity index (χ1n) is 7.10. The molecule has 114 valence electrons. The van der Waals surface area contributed by atoms with Gasteiger partial charge in [-0.3, -0.25) is 4.79 Å². The lowest BCUT2D eigenvalue weighted by atomic mass is 10.2. The number of hydrogen-bond acceptors (Lipinski definition) is 2. The van der Waals surface area contributed by atoms with E-state index in [9.17, 15) is 4.79 Å². The van der Waals surface area contributed by atoms with Crippen LogP contribution >= 0.6 is 43.6 Å². The summed E-state index contributed by atoms with van der Waals surface area (Å²) in [7, 11) is 0. The molecule has 1 fully saturated rings. The molecule has 0 saturated carbocycles. The minimum absolute atomic E-state index is 0.0317. The zero-order valence-corrected chi connectivity index (χ0v) is 15.8. The van der Waals surface area contributed by atoms with Gasteiger partial charge in [-0.25, -0.2) is 0 Å². The molecule has 2 aromatic rings. The van der Waals surface area contributed by atoms with Gasteiger partial charge < -0.3 is 4.90 Å². The van der Waals surface area contributed by atoms with Crippen LogP contribution in [0.2, 0.25) is 0 Å². The van der Waals surface area contributed by atoms with Gasteiger partial charge in [0.2, 0.25) is 5.91 Å². The molecule has 0 bridgehead atoms. The van der Waals surface area contributed by atoms with Gasteiger partial charge in [-0.05, 0) is 48.4 Å². The molecule has 0 radical (unpaired) electrons. The first-order chi connectivity index (χ1) is 10.6. The van der Waals surface area contributed by atoms with E-state index in [1.807, 2.05) is 29.2 Å². The first kappa shape index (κ1) is 16.1. The molecule has 1 aliphatic heterocycles. The molecule has 2 nitrogen and oxygen atoms in total. The van der Waals surface area contributed by atoms with Gasteiger partial charge >= 0.3 is 0 Å². The van der Waals surface area contributed by atoms with Crippen molar-refractivity contribution < 1.29 is 4.79 Å². The smallest absolute Gasteiger partial charge is 0.223 e. The molecule has 22 heavy (non-hydrogen) atoms. The molecule has 0 spiro atoms. The van der Waals surface area contributed by atoms with Gasteiger partial charge in [0.05, 0.1) is 0 Å². The molecule has 1 saturated heterocycles. The van der Waals surface area contributed by atoms with Gasteiger partial charge in [-0.2, -0.15) is 0 Å². The van der Waals surface area contributed by atoms with Gasteiger partial charge in [0.15, 0.2) is 0 Å². The number of benzene rings is 2. The van der Waals surface area contributed by atoms with E-state index in [4.69, 9.17) is 0 Å². The minimum Gasteiger partial charge on any atom is -0.326 e. The number of thioether (sulfide) groups is 1. The summed E-state index contributed by atoms with van der Waals surface area (Å²) < 4.78 is 2.12. The van der Waals surface area contributed by atoms with Gasteiger partial charge in [0.1, 0.15) is 5.37 Å².